The smallest absolute Gasteiger partial charge is 0.261 e. The van der Waals surface area contributed by atoms with Gasteiger partial charge >= 0.3 is 0 Å². The minimum Gasteiger partial charge on any atom is -0.483 e. The molecule has 0 unspecified atom stereocenters. The first-order valence-electron chi connectivity index (χ1n) is 7.69. The summed E-state index contributed by atoms with van der Waals surface area (Å²) in [5, 5.41) is 0.661. The monoisotopic (exact) mass is 331 g/mol. The fourth-order valence-electron chi connectivity index (χ4n) is 2.34. The van der Waals surface area contributed by atoms with Crippen molar-refractivity contribution in [1.82, 2.24) is 4.90 Å². The van der Waals surface area contributed by atoms with Crippen molar-refractivity contribution in [2.45, 2.75) is 33.4 Å². The van der Waals surface area contributed by atoms with Crippen LogP contribution in [0.4, 0.5) is 0 Å². The standard InChI is InChI=1S/C19H22ClNO2/c1-14(2)21(12-16-7-5-4-6-8-16)19(22)13-23-18-10-9-17(20)11-15(18)3/h4-11,14H,12-13H2,1-3H3. The molecule has 2 rings (SSSR count). The summed E-state index contributed by atoms with van der Waals surface area (Å²) in [6.07, 6.45) is 0. The Morgan fingerprint density at radius 3 is 2.48 bits per heavy atom. The minimum absolute atomic E-state index is 0.0213. The number of halogens is 1. The molecule has 122 valence electrons. The first-order valence-corrected chi connectivity index (χ1v) is 8.07. The molecule has 0 radical (unpaired) electrons. The van der Waals surface area contributed by atoms with Gasteiger partial charge in [-0.25, -0.2) is 0 Å². The lowest BCUT2D eigenvalue weighted by atomic mass is 10.2. The highest BCUT2D eigenvalue weighted by atomic mass is 35.5. The second-order valence-electron chi connectivity index (χ2n) is 5.80. The van der Waals surface area contributed by atoms with Crippen LogP contribution >= 0.6 is 11.6 Å². The molecule has 0 saturated carbocycles. The number of benzene rings is 2. The molecule has 0 bridgehead atoms. The molecule has 2 aromatic rings. The van der Waals surface area contributed by atoms with Crippen LogP contribution in [0.15, 0.2) is 48.5 Å². The van der Waals surface area contributed by atoms with E-state index < -0.39 is 0 Å². The normalized spacial score (nSPS) is 10.7. The molecule has 0 saturated heterocycles. The van der Waals surface area contributed by atoms with Gasteiger partial charge in [-0.3, -0.25) is 4.79 Å². The molecular weight excluding hydrogens is 310 g/mol. The molecule has 1 amide bonds. The van der Waals surface area contributed by atoms with Crippen LogP contribution in [0.1, 0.15) is 25.0 Å². The average molecular weight is 332 g/mol. The van der Waals surface area contributed by atoms with Crippen LogP contribution < -0.4 is 4.74 Å². The van der Waals surface area contributed by atoms with Crippen LogP contribution in [0.5, 0.6) is 5.75 Å². The number of carbonyl (C=O) groups is 1. The van der Waals surface area contributed by atoms with Crippen LogP contribution in [0.2, 0.25) is 5.02 Å². The highest BCUT2D eigenvalue weighted by Crippen LogP contribution is 2.22. The van der Waals surface area contributed by atoms with Gasteiger partial charge < -0.3 is 9.64 Å². The quantitative estimate of drug-likeness (QED) is 0.782. The zero-order valence-corrected chi connectivity index (χ0v) is 14.5. The van der Waals surface area contributed by atoms with E-state index in [0.717, 1.165) is 11.1 Å². The summed E-state index contributed by atoms with van der Waals surface area (Å²) >= 11 is 5.93. The predicted octanol–water partition coefficient (Wildman–Crippen LogP) is 4.46. The Morgan fingerprint density at radius 2 is 1.87 bits per heavy atom. The third-order valence-corrected chi connectivity index (χ3v) is 3.86. The lowest BCUT2D eigenvalue weighted by Crippen LogP contribution is -2.39. The van der Waals surface area contributed by atoms with Gasteiger partial charge in [0.1, 0.15) is 5.75 Å². The van der Waals surface area contributed by atoms with Gasteiger partial charge in [-0.05, 0) is 50.1 Å². The summed E-state index contributed by atoms with van der Waals surface area (Å²) in [5.74, 6) is 0.657. The molecule has 0 spiro atoms. The van der Waals surface area contributed by atoms with Crippen molar-refractivity contribution >= 4 is 17.5 Å². The largest absolute Gasteiger partial charge is 0.483 e. The molecule has 2 aromatic carbocycles. The first kappa shape index (κ1) is 17.4. The first-order chi connectivity index (χ1) is 11.0. The van der Waals surface area contributed by atoms with Crippen LogP contribution in [0.25, 0.3) is 0 Å². The molecule has 0 aliphatic heterocycles. The number of nitrogens with zero attached hydrogens (tertiary/aromatic N) is 1. The second kappa shape index (κ2) is 8.02. The molecule has 3 nitrogen and oxygen atoms in total. The lowest BCUT2D eigenvalue weighted by Gasteiger charge is -2.27. The van der Waals surface area contributed by atoms with Crippen molar-refractivity contribution in [3.05, 3.63) is 64.7 Å². The molecule has 0 N–H and O–H groups in total. The summed E-state index contributed by atoms with van der Waals surface area (Å²) in [4.78, 5) is 14.3. The average Bonchev–Trinajstić information content (AvgIpc) is 2.52. The van der Waals surface area contributed by atoms with Gasteiger partial charge in [-0.15, -0.1) is 0 Å². The van der Waals surface area contributed by atoms with E-state index in [1.54, 1.807) is 12.1 Å². The van der Waals surface area contributed by atoms with Crippen molar-refractivity contribution in [2.75, 3.05) is 6.61 Å². The fourth-order valence-corrected chi connectivity index (χ4v) is 2.56. The van der Waals surface area contributed by atoms with Gasteiger partial charge in [-0.2, -0.15) is 0 Å². The molecule has 4 heteroatoms. The third-order valence-electron chi connectivity index (χ3n) is 3.63. The second-order valence-corrected chi connectivity index (χ2v) is 6.24. The summed E-state index contributed by atoms with van der Waals surface area (Å²) in [7, 11) is 0. The van der Waals surface area contributed by atoms with Crippen LogP contribution in [-0.2, 0) is 11.3 Å². The van der Waals surface area contributed by atoms with Gasteiger partial charge in [0.15, 0.2) is 6.61 Å². The molecule has 0 atom stereocenters. The van der Waals surface area contributed by atoms with Crippen molar-refractivity contribution in [1.29, 1.82) is 0 Å². The van der Waals surface area contributed by atoms with E-state index in [4.69, 9.17) is 16.3 Å². The van der Waals surface area contributed by atoms with E-state index in [1.165, 1.54) is 0 Å². The number of hydrogen-bond donors (Lipinski definition) is 0. The number of ether oxygens (including phenoxy) is 1. The van der Waals surface area contributed by atoms with E-state index in [2.05, 4.69) is 0 Å². The van der Waals surface area contributed by atoms with E-state index in [9.17, 15) is 4.79 Å². The number of carbonyl (C=O) groups excluding carboxylic acids is 1. The maximum absolute atomic E-state index is 12.5. The van der Waals surface area contributed by atoms with Gasteiger partial charge in [0, 0.05) is 17.6 Å². The van der Waals surface area contributed by atoms with Crippen LogP contribution in [-0.4, -0.2) is 23.5 Å². The Balaban J connectivity index is 2.01. The Hall–Kier alpha value is -2.00. The summed E-state index contributed by atoms with van der Waals surface area (Å²) in [6, 6.07) is 15.5. The summed E-state index contributed by atoms with van der Waals surface area (Å²) in [6.45, 7) is 6.53. The lowest BCUT2D eigenvalue weighted by molar-refractivity contribution is -0.135. The molecule has 0 aliphatic rings. The van der Waals surface area contributed by atoms with Gasteiger partial charge in [0.25, 0.3) is 5.91 Å². The maximum Gasteiger partial charge on any atom is 0.261 e. The molecule has 0 aromatic heterocycles. The van der Waals surface area contributed by atoms with Crippen LogP contribution in [0, 0.1) is 6.92 Å². The number of rotatable bonds is 6. The van der Waals surface area contributed by atoms with Crippen molar-refractivity contribution in [2.24, 2.45) is 0 Å². The fraction of sp³-hybridized carbons (Fsp3) is 0.316. The van der Waals surface area contributed by atoms with E-state index in [-0.39, 0.29) is 18.6 Å². The van der Waals surface area contributed by atoms with Gasteiger partial charge in [0.05, 0.1) is 0 Å². The Morgan fingerprint density at radius 1 is 1.17 bits per heavy atom. The highest BCUT2D eigenvalue weighted by Gasteiger charge is 2.18. The third kappa shape index (κ3) is 5.00. The van der Waals surface area contributed by atoms with Gasteiger partial charge in [-0.1, -0.05) is 41.9 Å². The topological polar surface area (TPSA) is 29.5 Å². The van der Waals surface area contributed by atoms with Gasteiger partial charge in [0.2, 0.25) is 0 Å². The maximum atomic E-state index is 12.5. The summed E-state index contributed by atoms with van der Waals surface area (Å²) in [5.41, 5.74) is 2.03. The SMILES string of the molecule is Cc1cc(Cl)ccc1OCC(=O)N(Cc1ccccc1)C(C)C. The van der Waals surface area contributed by atoms with Crippen LogP contribution in [0.3, 0.4) is 0 Å². The van der Waals surface area contributed by atoms with E-state index >= 15 is 0 Å². The number of aryl methyl sites for hydroxylation is 1. The van der Waals surface area contributed by atoms with Crippen molar-refractivity contribution in [3.63, 3.8) is 0 Å². The highest BCUT2D eigenvalue weighted by molar-refractivity contribution is 6.30. The Bertz CT molecular complexity index is 656. The molecule has 0 fully saturated rings. The molecule has 0 aliphatic carbocycles. The minimum atomic E-state index is -0.0294. The molecule has 0 heterocycles. The van der Waals surface area contributed by atoms with E-state index in [1.807, 2.05) is 62.1 Å². The molecule has 23 heavy (non-hydrogen) atoms. The zero-order valence-electron chi connectivity index (χ0n) is 13.8. The zero-order chi connectivity index (χ0) is 16.8. The number of hydrogen-bond acceptors (Lipinski definition) is 2. The van der Waals surface area contributed by atoms with Crippen molar-refractivity contribution in [3.8, 4) is 5.75 Å². The predicted molar refractivity (Wildman–Crippen MR) is 93.8 cm³/mol. The summed E-state index contributed by atoms with van der Waals surface area (Å²) < 4.78 is 5.67. The Kier molecular flexibility index (Phi) is 6.05. The van der Waals surface area contributed by atoms with E-state index in [0.29, 0.717) is 17.3 Å². The molecular formula is C19H22ClNO2. The number of amides is 1. The Labute approximate surface area is 142 Å². The van der Waals surface area contributed by atoms with Crippen molar-refractivity contribution < 1.29 is 9.53 Å².